The van der Waals surface area contributed by atoms with Gasteiger partial charge in [0.2, 0.25) is 5.91 Å². The average Bonchev–Trinajstić information content (AvgIpc) is 2.51. The highest BCUT2D eigenvalue weighted by molar-refractivity contribution is 5.75. The van der Waals surface area contributed by atoms with E-state index in [2.05, 4.69) is 17.1 Å². The van der Waals surface area contributed by atoms with E-state index < -0.39 is 0 Å². The maximum atomic E-state index is 11.4. The molecule has 1 aliphatic heterocycles. The molecular formula is C13H26N2O. The third-order valence-electron chi connectivity index (χ3n) is 3.27. The van der Waals surface area contributed by atoms with Crippen LogP contribution in [-0.2, 0) is 4.79 Å². The first kappa shape index (κ1) is 13.5. The second-order valence-electron chi connectivity index (χ2n) is 4.77. The summed E-state index contributed by atoms with van der Waals surface area (Å²) in [4.78, 5) is 13.9. The fraction of sp³-hybridized carbons (Fsp3) is 0.923. The van der Waals surface area contributed by atoms with Crippen molar-refractivity contribution in [3.8, 4) is 0 Å². The zero-order chi connectivity index (χ0) is 11.8. The van der Waals surface area contributed by atoms with Gasteiger partial charge in [0.25, 0.3) is 0 Å². The number of unbranched alkanes of at least 4 members (excludes halogenated alkanes) is 1. The van der Waals surface area contributed by atoms with Gasteiger partial charge in [0, 0.05) is 19.0 Å². The fourth-order valence-corrected chi connectivity index (χ4v) is 2.25. The lowest BCUT2D eigenvalue weighted by Crippen LogP contribution is -2.42. The molecular weight excluding hydrogens is 200 g/mol. The Kier molecular flexibility index (Phi) is 6.46. The summed E-state index contributed by atoms with van der Waals surface area (Å²) < 4.78 is 0. The van der Waals surface area contributed by atoms with E-state index in [1.807, 2.05) is 6.92 Å². The van der Waals surface area contributed by atoms with Crippen LogP contribution < -0.4 is 5.32 Å². The van der Waals surface area contributed by atoms with E-state index in [0.29, 0.717) is 12.5 Å². The van der Waals surface area contributed by atoms with E-state index in [1.54, 1.807) is 0 Å². The summed E-state index contributed by atoms with van der Waals surface area (Å²) in [5.41, 5.74) is 0. The molecule has 16 heavy (non-hydrogen) atoms. The first-order valence-electron chi connectivity index (χ1n) is 6.78. The highest BCUT2D eigenvalue weighted by Crippen LogP contribution is 2.11. The van der Waals surface area contributed by atoms with E-state index >= 15 is 0 Å². The van der Waals surface area contributed by atoms with Crippen molar-refractivity contribution in [1.82, 2.24) is 10.2 Å². The van der Waals surface area contributed by atoms with Crippen LogP contribution in [-0.4, -0.2) is 36.5 Å². The second kappa shape index (κ2) is 7.66. The molecule has 0 radical (unpaired) electrons. The number of nitrogens with zero attached hydrogens (tertiary/aromatic N) is 1. The predicted molar refractivity (Wildman–Crippen MR) is 67.4 cm³/mol. The van der Waals surface area contributed by atoms with E-state index in [-0.39, 0.29) is 5.91 Å². The molecule has 1 heterocycles. The Morgan fingerprint density at radius 1 is 1.38 bits per heavy atom. The molecule has 1 atom stereocenters. The number of carbonyl (C=O) groups excluding carboxylic acids is 1. The second-order valence-corrected chi connectivity index (χ2v) is 4.77. The molecule has 1 fully saturated rings. The summed E-state index contributed by atoms with van der Waals surface area (Å²) in [7, 11) is 0. The minimum absolute atomic E-state index is 0.197. The molecule has 0 aromatic carbocycles. The van der Waals surface area contributed by atoms with Gasteiger partial charge in [0.1, 0.15) is 0 Å². The van der Waals surface area contributed by atoms with E-state index in [1.165, 1.54) is 38.8 Å². The van der Waals surface area contributed by atoms with Gasteiger partial charge in [-0.1, -0.05) is 26.7 Å². The summed E-state index contributed by atoms with van der Waals surface area (Å²) in [5.74, 6) is 0.197. The zero-order valence-electron chi connectivity index (χ0n) is 10.8. The van der Waals surface area contributed by atoms with Crippen molar-refractivity contribution in [1.29, 1.82) is 0 Å². The number of likely N-dealkylation sites (tertiary alicyclic amines) is 1. The van der Waals surface area contributed by atoms with Gasteiger partial charge < -0.3 is 10.2 Å². The maximum absolute atomic E-state index is 11.4. The lowest BCUT2D eigenvalue weighted by Gasteiger charge is -2.24. The van der Waals surface area contributed by atoms with E-state index in [4.69, 9.17) is 0 Å². The first-order valence-corrected chi connectivity index (χ1v) is 6.78. The van der Waals surface area contributed by atoms with Gasteiger partial charge in [-0.05, 0) is 32.4 Å². The van der Waals surface area contributed by atoms with Gasteiger partial charge in [0.15, 0.2) is 0 Å². The number of rotatable bonds is 5. The lowest BCUT2D eigenvalue weighted by molar-refractivity contribution is -0.121. The maximum Gasteiger partial charge on any atom is 0.219 e. The highest BCUT2D eigenvalue weighted by Gasteiger charge is 2.18. The molecule has 1 N–H and O–H groups in total. The minimum Gasteiger partial charge on any atom is -0.352 e. The van der Waals surface area contributed by atoms with Gasteiger partial charge in [0.05, 0.1) is 0 Å². The van der Waals surface area contributed by atoms with Crippen LogP contribution in [0.25, 0.3) is 0 Å². The van der Waals surface area contributed by atoms with Crippen molar-refractivity contribution in [2.75, 3.05) is 19.6 Å². The van der Waals surface area contributed by atoms with Gasteiger partial charge >= 0.3 is 0 Å². The van der Waals surface area contributed by atoms with Crippen LogP contribution in [0.5, 0.6) is 0 Å². The van der Waals surface area contributed by atoms with Crippen LogP contribution in [0.3, 0.4) is 0 Å². The van der Waals surface area contributed by atoms with Crippen LogP contribution in [0.2, 0.25) is 0 Å². The van der Waals surface area contributed by atoms with Gasteiger partial charge in [-0.25, -0.2) is 0 Å². The highest BCUT2D eigenvalue weighted by atomic mass is 16.1. The molecule has 0 aromatic rings. The molecule has 0 saturated carbocycles. The molecule has 0 aliphatic carbocycles. The number of amides is 1. The number of hydrogen-bond acceptors (Lipinski definition) is 2. The van der Waals surface area contributed by atoms with Crippen molar-refractivity contribution in [2.24, 2.45) is 0 Å². The van der Waals surface area contributed by atoms with Crippen LogP contribution in [0.15, 0.2) is 0 Å². The Morgan fingerprint density at radius 3 is 2.88 bits per heavy atom. The van der Waals surface area contributed by atoms with E-state index in [0.717, 1.165) is 13.0 Å². The SMILES string of the molecule is CCCCN1CCCCC(NC(=O)CC)C1. The molecule has 94 valence electrons. The Morgan fingerprint density at radius 2 is 2.19 bits per heavy atom. The third-order valence-corrected chi connectivity index (χ3v) is 3.27. The average molecular weight is 226 g/mol. The van der Waals surface area contributed by atoms with Crippen molar-refractivity contribution in [3.63, 3.8) is 0 Å². The van der Waals surface area contributed by atoms with Gasteiger partial charge in [-0.3, -0.25) is 4.79 Å². The van der Waals surface area contributed by atoms with Gasteiger partial charge in [-0.2, -0.15) is 0 Å². The molecule has 1 amide bonds. The first-order chi connectivity index (χ1) is 7.76. The number of carbonyl (C=O) groups is 1. The largest absolute Gasteiger partial charge is 0.352 e. The van der Waals surface area contributed by atoms with Gasteiger partial charge in [-0.15, -0.1) is 0 Å². The Bertz CT molecular complexity index is 206. The van der Waals surface area contributed by atoms with Crippen LogP contribution >= 0.6 is 0 Å². The van der Waals surface area contributed by atoms with Crippen molar-refractivity contribution in [2.45, 2.75) is 58.4 Å². The standard InChI is InChI=1S/C13H26N2O/c1-3-5-9-15-10-7-6-8-12(11-15)14-13(16)4-2/h12H,3-11H2,1-2H3,(H,14,16). The Labute approximate surface area is 99.6 Å². The summed E-state index contributed by atoms with van der Waals surface area (Å²) in [5, 5.41) is 3.13. The normalized spacial score (nSPS) is 22.8. The van der Waals surface area contributed by atoms with Crippen LogP contribution in [0.1, 0.15) is 52.4 Å². The molecule has 3 nitrogen and oxygen atoms in total. The predicted octanol–water partition coefficient (Wildman–Crippen LogP) is 2.17. The molecule has 1 saturated heterocycles. The molecule has 0 bridgehead atoms. The molecule has 0 aromatic heterocycles. The molecule has 3 heteroatoms. The summed E-state index contributed by atoms with van der Waals surface area (Å²) in [6.45, 7) is 7.59. The quantitative estimate of drug-likeness (QED) is 0.779. The number of nitrogens with one attached hydrogen (secondary N) is 1. The van der Waals surface area contributed by atoms with Crippen molar-refractivity contribution in [3.05, 3.63) is 0 Å². The number of hydrogen-bond donors (Lipinski definition) is 1. The van der Waals surface area contributed by atoms with Crippen LogP contribution in [0, 0.1) is 0 Å². The Balaban J connectivity index is 2.35. The van der Waals surface area contributed by atoms with E-state index in [9.17, 15) is 4.79 Å². The monoisotopic (exact) mass is 226 g/mol. The summed E-state index contributed by atoms with van der Waals surface area (Å²) in [6, 6.07) is 0.381. The molecule has 1 aliphatic rings. The molecule has 1 rings (SSSR count). The third kappa shape index (κ3) is 4.97. The van der Waals surface area contributed by atoms with Crippen LogP contribution in [0.4, 0.5) is 0 Å². The topological polar surface area (TPSA) is 32.3 Å². The smallest absolute Gasteiger partial charge is 0.219 e. The zero-order valence-corrected chi connectivity index (χ0v) is 10.8. The Hall–Kier alpha value is -0.570. The lowest BCUT2D eigenvalue weighted by atomic mass is 10.1. The van der Waals surface area contributed by atoms with Crippen molar-refractivity contribution >= 4 is 5.91 Å². The summed E-state index contributed by atoms with van der Waals surface area (Å²) in [6.07, 6.45) is 6.80. The molecule has 1 unspecified atom stereocenters. The summed E-state index contributed by atoms with van der Waals surface area (Å²) >= 11 is 0. The fourth-order valence-electron chi connectivity index (χ4n) is 2.25. The van der Waals surface area contributed by atoms with Crippen molar-refractivity contribution < 1.29 is 4.79 Å². The molecule has 0 spiro atoms. The minimum atomic E-state index is 0.197.